The van der Waals surface area contributed by atoms with Crippen LogP contribution in [-0.4, -0.2) is 49.1 Å². The van der Waals surface area contributed by atoms with Gasteiger partial charge in [0, 0.05) is 46.8 Å². The predicted molar refractivity (Wildman–Crippen MR) is 144 cm³/mol. The number of esters is 1. The van der Waals surface area contributed by atoms with Gasteiger partial charge in [-0.05, 0) is 43.7 Å². The average molecular weight is 558 g/mol. The maximum Gasteiger partial charge on any atom is 0.321 e. The van der Waals surface area contributed by atoms with Crippen LogP contribution in [0.4, 0.5) is 0 Å². The first-order chi connectivity index (χ1) is 19.7. The SMILES string of the molecule is COC(=O)CC(c1cccc(Oc2ncccn2)c1)c1c(O)c(C(C)=O)cc(C2OCc3cnc(C)c(O)c32)c1O. The summed E-state index contributed by atoms with van der Waals surface area (Å²) < 4.78 is 16.6. The maximum absolute atomic E-state index is 12.7. The van der Waals surface area contributed by atoms with Crippen LogP contribution in [0.15, 0.2) is 55.0 Å². The van der Waals surface area contributed by atoms with Crippen LogP contribution in [0.1, 0.15) is 69.2 Å². The number of pyridine rings is 1. The highest BCUT2D eigenvalue weighted by Gasteiger charge is 2.36. The summed E-state index contributed by atoms with van der Waals surface area (Å²) in [4.78, 5) is 37.6. The molecule has 2 aromatic heterocycles. The van der Waals surface area contributed by atoms with Crippen molar-refractivity contribution < 1.29 is 39.1 Å². The number of fused-ring (bicyclic) bond motifs is 1. The molecule has 0 saturated heterocycles. The number of hydrogen-bond donors (Lipinski definition) is 3. The first-order valence-electron chi connectivity index (χ1n) is 12.7. The van der Waals surface area contributed by atoms with Crippen LogP contribution < -0.4 is 4.74 Å². The summed E-state index contributed by atoms with van der Waals surface area (Å²) in [5.74, 6) is -2.72. The number of phenols is 2. The zero-order valence-corrected chi connectivity index (χ0v) is 22.5. The van der Waals surface area contributed by atoms with Crippen molar-refractivity contribution in [1.29, 1.82) is 0 Å². The molecule has 1 aliphatic heterocycles. The highest BCUT2D eigenvalue weighted by molar-refractivity contribution is 5.98. The van der Waals surface area contributed by atoms with Gasteiger partial charge in [0.25, 0.3) is 0 Å². The minimum atomic E-state index is -0.977. The van der Waals surface area contributed by atoms with Crippen molar-refractivity contribution in [2.75, 3.05) is 7.11 Å². The smallest absolute Gasteiger partial charge is 0.321 e. The quantitative estimate of drug-likeness (QED) is 0.205. The van der Waals surface area contributed by atoms with E-state index >= 15 is 0 Å². The largest absolute Gasteiger partial charge is 0.507 e. The van der Waals surface area contributed by atoms with Gasteiger partial charge < -0.3 is 29.5 Å². The van der Waals surface area contributed by atoms with Gasteiger partial charge in [-0.25, -0.2) is 9.97 Å². The number of carbonyl (C=O) groups is 2. The lowest BCUT2D eigenvalue weighted by atomic mass is 9.83. The number of aryl methyl sites for hydroxylation is 1. The summed E-state index contributed by atoms with van der Waals surface area (Å²) in [6, 6.07) is 9.72. The Morgan fingerprint density at radius 2 is 1.80 bits per heavy atom. The minimum Gasteiger partial charge on any atom is -0.507 e. The zero-order valence-electron chi connectivity index (χ0n) is 22.5. The molecule has 4 aromatic rings. The molecule has 11 nitrogen and oxygen atoms in total. The predicted octanol–water partition coefficient (Wildman–Crippen LogP) is 4.61. The number of phenolic OH excluding ortho intramolecular Hbond substituents is 2. The van der Waals surface area contributed by atoms with Gasteiger partial charge in [0.15, 0.2) is 5.78 Å². The fraction of sp³-hybridized carbons (Fsp3) is 0.233. The van der Waals surface area contributed by atoms with Crippen molar-refractivity contribution >= 4 is 11.8 Å². The molecule has 0 saturated carbocycles. The molecule has 41 heavy (non-hydrogen) atoms. The van der Waals surface area contributed by atoms with E-state index in [2.05, 4.69) is 15.0 Å². The Kier molecular flexibility index (Phi) is 7.54. The highest BCUT2D eigenvalue weighted by atomic mass is 16.5. The highest BCUT2D eigenvalue weighted by Crippen LogP contribution is 2.50. The Hall–Kier alpha value is -5.03. The molecule has 3 heterocycles. The second kappa shape index (κ2) is 11.2. The molecule has 1 aliphatic rings. The Balaban J connectivity index is 1.69. The summed E-state index contributed by atoms with van der Waals surface area (Å²) in [6.07, 6.45) is 3.37. The molecule has 210 valence electrons. The standard InChI is InChI=1S/C30H27N3O8/c1-15-26(36)24-18(13-33-15)14-40-29(24)22-11-20(16(2)34)27(37)25(28(22)38)21(12-23(35)39-3)17-6-4-7-19(10-17)41-30-31-8-5-9-32-30/h4-11,13,21,29,36-38H,12,14H2,1-3H3. The average Bonchev–Trinajstić information content (AvgIpc) is 3.39. The number of ketones is 1. The zero-order chi connectivity index (χ0) is 29.3. The number of methoxy groups -OCH3 is 1. The van der Waals surface area contributed by atoms with Crippen LogP contribution in [0.3, 0.4) is 0 Å². The molecule has 0 aliphatic carbocycles. The molecule has 0 bridgehead atoms. The van der Waals surface area contributed by atoms with E-state index in [0.717, 1.165) is 0 Å². The number of benzene rings is 2. The topological polar surface area (TPSA) is 161 Å². The molecule has 0 fully saturated rings. The fourth-order valence-electron chi connectivity index (χ4n) is 4.94. The van der Waals surface area contributed by atoms with Crippen LogP contribution in [0.2, 0.25) is 0 Å². The molecular weight excluding hydrogens is 530 g/mol. The van der Waals surface area contributed by atoms with Gasteiger partial charge in [-0.2, -0.15) is 0 Å². The molecule has 2 aromatic carbocycles. The van der Waals surface area contributed by atoms with Gasteiger partial charge in [0.05, 0.1) is 31.4 Å². The molecular formula is C30H27N3O8. The van der Waals surface area contributed by atoms with E-state index in [9.17, 15) is 24.9 Å². The summed E-state index contributed by atoms with van der Waals surface area (Å²) in [6.45, 7) is 3.02. The summed E-state index contributed by atoms with van der Waals surface area (Å²) in [7, 11) is 1.23. The van der Waals surface area contributed by atoms with E-state index in [1.165, 1.54) is 32.5 Å². The Bertz CT molecular complexity index is 1640. The number of aromatic nitrogens is 3. The van der Waals surface area contributed by atoms with Crippen molar-refractivity contribution in [3.8, 4) is 29.0 Å². The summed E-state index contributed by atoms with van der Waals surface area (Å²) in [5, 5.41) is 33.8. The number of Topliss-reactive ketones (excluding diaryl/α,β-unsaturated/α-hetero) is 1. The third-order valence-electron chi connectivity index (χ3n) is 6.98. The first-order valence-corrected chi connectivity index (χ1v) is 12.7. The Labute approximate surface area is 235 Å². The summed E-state index contributed by atoms with van der Waals surface area (Å²) >= 11 is 0. The molecule has 5 rings (SSSR count). The van der Waals surface area contributed by atoms with Gasteiger partial charge >= 0.3 is 12.0 Å². The van der Waals surface area contributed by atoms with E-state index < -0.39 is 35.3 Å². The van der Waals surface area contributed by atoms with Crippen LogP contribution in [0, 0.1) is 6.92 Å². The van der Waals surface area contributed by atoms with Gasteiger partial charge in [-0.15, -0.1) is 0 Å². The molecule has 3 N–H and O–H groups in total. The van der Waals surface area contributed by atoms with Crippen molar-refractivity contribution in [3.63, 3.8) is 0 Å². The van der Waals surface area contributed by atoms with Crippen molar-refractivity contribution in [1.82, 2.24) is 15.0 Å². The Morgan fingerprint density at radius 1 is 1.05 bits per heavy atom. The van der Waals surface area contributed by atoms with Crippen LogP contribution in [0.5, 0.6) is 29.0 Å². The maximum atomic E-state index is 12.7. The van der Waals surface area contributed by atoms with Gasteiger partial charge in [-0.3, -0.25) is 14.6 Å². The molecule has 2 atom stereocenters. The molecule has 0 spiro atoms. The first kappa shape index (κ1) is 27.5. The number of carbonyl (C=O) groups excluding carboxylic acids is 2. The number of nitrogens with zero attached hydrogens (tertiary/aromatic N) is 3. The van der Waals surface area contributed by atoms with Gasteiger partial charge in [0.1, 0.15) is 29.1 Å². The third-order valence-corrected chi connectivity index (χ3v) is 6.98. The minimum absolute atomic E-state index is 0.0754. The molecule has 0 radical (unpaired) electrons. The molecule has 0 amide bonds. The van der Waals surface area contributed by atoms with E-state index in [-0.39, 0.29) is 41.5 Å². The van der Waals surface area contributed by atoms with Crippen molar-refractivity contribution in [2.45, 2.75) is 38.9 Å². The number of ether oxygens (including phenoxy) is 3. The van der Waals surface area contributed by atoms with E-state index in [1.54, 1.807) is 43.5 Å². The molecule has 2 unspecified atom stereocenters. The molecule has 11 heteroatoms. The van der Waals surface area contributed by atoms with Crippen molar-refractivity contribution in [2.24, 2.45) is 0 Å². The van der Waals surface area contributed by atoms with E-state index in [4.69, 9.17) is 14.2 Å². The lowest BCUT2D eigenvalue weighted by Gasteiger charge is -2.25. The number of rotatable bonds is 8. The Morgan fingerprint density at radius 3 is 2.51 bits per heavy atom. The number of aromatic hydroxyl groups is 3. The summed E-state index contributed by atoms with van der Waals surface area (Å²) in [5.41, 5.74) is 1.84. The second-order valence-electron chi connectivity index (χ2n) is 9.54. The van der Waals surface area contributed by atoms with Crippen LogP contribution in [-0.2, 0) is 20.9 Å². The fourth-order valence-corrected chi connectivity index (χ4v) is 4.94. The second-order valence-corrected chi connectivity index (χ2v) is 9.54. The van der Waals surface area contributed by atoms with E-state index in [1.807, 2.05) is 0 Å². The third kappa shape index (κ3) is 5.27. The van der Waals surface area contributed by atoms with E-state index in [0.29, 0.717) is 28.1 Å². The number of hydrogen-bond acceptors (Lipinski definition) is 11. The monoisotopic (exact) mass is 557 g/mol. The normalized spacial score (nSPS) is 14.8. The van der Waals surface area contributed by atoms with Crippen molar-refractivity contribution in [3.05, 3.63) is 94.1 Å². The lowest BCUT2D eigenvalue weighted by Crippen LogP contribution is -2.13. The van der Waals surface area contributed by atoms with Crippen LogP contribution in [0.25, 0.3) is 0 Å². The van der Waals surface area contributed by atoms with Gasteiger partial charge in [0.2, 0.25) is 0 Å². The lowest BCUT2D eigenvalue weighted by molar-refractivity contribution is -0.140. The van der Waals surface area contributed by atoms with Crippen LogP contribution >= 0.6 is 0 Å². The van der Waals surface area contributed by atoms with Gasteiger partial charge in [-0.1, -0.05) is 12.1 Å².